The van der Waals surface area contributed by atoms with E-state index in [-0.39, 0.29) is 11.8 Å². The first-order valence-corrected chi connectivity index (χ1v) is 12.0. The summed E-state index contributed by atoms with van der Waals surface area (Å²) in [6, 6.07) is 14.4. The number of hydrogen-bond acceptors (Lipinski definition) is 3. The molecule has 1 unspecified atom stereocenters. The zero-order chi connectivity index (χ0) is 21.9. The van der Waals surface area contributed by atoms with Crippen LogP contribution in [0.3, 0.4) is 0 Å². The molecule has 30 heavy (non-hydrogen) atoms. The number of carbonyl (C=O) groups is 2. The highest BCUT2D eigenvalue weighted by Gasteiger charge is 2.25. The molecule has 1 atom stereocenters. The molecule has 0 heterocycles. The van der Waals surface area contributed by atoms with Gasteiger partial charge in [-0.05, 0) is 48.7 Å². The van der Waals surface area contributed by atoms with Gasteiger partial charge in [-0.1, -0.05) is 60.8 Å². The second-order valence-corrected chi connectivity index (χ2v) is 8.95. The monoisotopic (exact) mass is 466 g/mol. The first kappa shape index (κ1) is 24.6. The molecule has 2 amide bonds. The van der Waals surface area contributed by atoms with E-state index in [9.17, 15) is 9.59 Å². The topological polar surface area (TPSA) is 49.4 Å². The van der Waals surface area contributed by atoms with Gasteiger partial charge in [0.25, 0.3) is 0 Å². The number of amides is 2. The summed E-state index contributed by atoms with van der Waals surface area (Å²) in [4.78, 5) is 27.2. The molecule has 2 aromatic carbocycles. The molecule has 0 fully saturated rings. The zero-order valence-corrected chi connectivity index (χ0v) is 19.7. The van der Waals surface area contributed by atoms with Gasteiger partial charge in [0, 0.05) is 28.9 Å². The van der Waals surface area contributed by atoms with Crippen molar-refractivity contribution in [2.75, 3.05) is 12.3 Å². The van der Waals surface area contributed by atoms with Crippen LogP contribution in [0.1, 0.15) is 37.8 Å². The second-order valence-electron chi connectivity index (χ2n) is 7.09. The van der Waals surface area contributed by atoms with E-state index < -0.39 is 6.04 Å². The second kappa shape index (κ2) is 12.9. The summed E-state index contributed by atoms with van der Waals surface area (Å²) < 4.78 is 0. The van der Waals surface area contributed by atoms with Crippen molar-refractivity contribution in [2.24, 2.45) is 0 Å². The Hall–Kier alpha value is -1.69. The van der Waals surface area contributed by atoms with Crippen molar-refractivity contribution in [3.8, 4) is 0 Å². The lowest BCUT2D eigenvalue weighted by molar-refractivity contribution is -0.138. The molecule has 0 aliphatic heterocycles. The molecule has 2 aromatic rings. The Morgan fingerprint density at radius 3 is 2.13 bits per heavy atom. The van der Waals surface area contributed by atoms with Gasteiger partial charge in [-0.15, -0.1) is 11.8 Å². The summed E-state index contributed by atoms with van der Waals surface area (Å²) in [6.45, 7) is 4.83. The Balaban J connectivity index is 2.02. The number of carbonyl (C=O) groups excluding carboxylic acids is 2. The molecule has 0 radical (unpaired) electrons. The van der Waals surface area contributed by atoms with E-state index in [2.05, 4.69) is 12.2 Å². The van der Waals surface area contributed by atoms with Gasteiger partial charge in [-0.2, -0.15) is 0 Å². The van der Waals surface area contributed by atoms with Gasteiger partial charge in [0.2, 0.25) is 11.8 Å². The maximum absolute atomic E-state index is 13.0. The molecule has 1 N–H and O–H groups in total. The normalized spacial score (nSPS) is 11.7. The molecule has 7 heteroatoms. The number of nitrogens with one attached hydrogen (secondary N) is 1. The molecule has 162 valence electrons. The minimum absolute atomic E-state index is 0.0675. The minimum Gasteiger partial charge on any atom is -0.354 e. The average molecular weight is 467 g/mol. The number of rotatable bonds is 11. The Bertz CT molecular complexity index is 813. The van der Waals surface area contributed by atoms with Crippen LogP contribution in [0.4, 0.5) is 0 Å². The fourth-order valence-corrected chi connectivity index (χ4v) is 3.95. The summed E-state index contributed by atoms with van der Waals surface area (Å²) in [6.07, 6.45) is 1.92. The standard InChI is InChI=1S/C23H28Cl2N2O2S/c1-3-4-13-26-23(29)17(2)27(14-18-5-9-20(24)10-6-18)22(28)16-30-15-19-7-11-21(25)12-8-19/h5-12,17H,3-4,13-16H2,1-2H3,(H,26,29). The molecule has 0 aliphatic carbocycles. The lowest BCUT2D eigenvalue weighted by atomic mass is 10.1. The smallest absolute Gasteiger partial charge is 0.242 e. The van der Waals surface area contributed by atoms with E-state index >= 15 is 0 Å². The fourth-order valence-electron chi connectivity index (χ4n) is 2.82. The van der Waals surface area contributed by atoms with Crippen LogP contribution in [-0.4, -0.2) is 35.1 Å². The van der Waals surface area contributed by atoms with E-state index in [1.807, 2.05) is 36.4 Å². The first-order chi connectivity index (χ1) is 14.4. The van der Waals surface area contributed by atoms with Gasteiger partial charge in [-0.25, -0.2) is 0 Å². The lowest BCUT2D eigenvalue weighted by Gasteiger charge is -2.29. The molecule has 0 spiro atoms. The highest BCUT2D eigenvalue weighted by Crippen LogP contribution is 2.18. The molecule has 0 bridgehead atoms. The van der Waals surface area contributed by atoms with Crippen LogP contribution < -0.4 is 5.32 Å². The molecule has 0 aliphatic rings. The third kappa shape index (κ3) is 8.21. The van der Waals surface area contributed by atoms with Crippen LogP contribution in [0.5, 0.6) is 0 Å². The van der Waals surface area contributed by atoms with Gasteiger partial charge in [0.15, 0.2) is 0 Å². The van der Waals surface area contributed by atoms with E-state index in [4.69, 9.17) is 23.2 Å². The van der Waals surface area contributed by atoms with Crippen LogP contribution in [0.15, 0.2) is 48.5 Å². The van der Waals surface area contributed by atoms with Crippen molar-refractivity contribution >= 4 is 46.8 Å². The Kier molecular flexibility index (Phi) is 10.6. The van der Waals surface area contributed by atoms with Gasteiger partial charge >= 0.3 is 0 Å². The van der Waals surface area contributed by atoms with Crippen LogP contribution in [-0.2, 0) is 21.9 Å². The van der Waals surface area contributed by atoms with Crippen LogP contribution in [0.2, 0.25) is 10.0 Å². The fraction of sp³-hybridized carbons (Fsp3) is 0.391. The minimum atomic E-state index is -0.554. The highest BCUT2D eigenvalue weighted by atomic mass is 35.5. The third-order valence-electron chi connectivity index (χ3n) is 4.67. The predicted molar refractivity (Wildman–Crippen MR) is 127 cm³/mol. The maximum atomic E-state index is 13.0. The molecule has 0 aromatic heterocycles. The van der Waals surface area contributed by atoms with Crippen molar-refractivity contribution < 1.29 is 9.59 Å². The SMILES string of the molecule is CCCCNC(=O)C(C)N(Cc1ccc(Cl)cc1)C(=O)CSCc1ccc(Cl)cc1. The molecule has 2 rings (SSSR count). The summed E-state index contributed by atoms with van der Waals surface area (Å²) in [5.74, 6) is 0.799. The first-order valence-electron chi connectivity index (χ1n) is 10.0. The van der Waals surface area contributed by atoms with Gasteiger partial charge in [-0.3, -0.25) is 9.59 Å². The quantitative estimate of drug-likeness (QED) is 0.440. The summed E-state index contributed by atoms with van der Waals surface area (Å²) in [5, 5.41) is 4.26. The summed E-state index contributed by atoms with van der Waals surface area (Å²) >= 11 is 13.4. The van der Waals surface area contributed by atoms with E-state index in [0.29, 0.717) is 34.6 Å². The van der Waals surface area contributed by atoms with Crippen LogP contribution >= 0.6 is 35.0 Å². The summed E-state index contributed by atoms with van der Waals surface area (Å²) in [5.41, 5.74) is 2.04. The third-order valence-corrected chi connectivity index (χ3v) is 6.16. The van der Waals surface area contributed by atoms with E-state index in [0.717, 1.165) is 24.0 Å². The molecule has 4 nitrogen and oxygen atoms in total. The van der Waals surface area contributed by atoms with Crippen molar-refractivity contribution in [3.63, 3.8) is 0 Å². The Morgan fingerprint density at radius 2 is 1.57 bits per heavy atom. The number of thioether (sulfide) groups is 1. The maximum Gasteiger partial charge on any atom is 0.242 e. The van der Waals surface area contributed by atoms with Crippen molar-refractivity contribution in [1.29, 1.82) is 0 Å². The average Bonchev–Trinajstić information content (AvgIpc) is 2.74. The van der Waals surface area contributed by atoms with Crippen molar-refractivity contribution in [3.05, 3.63) is 69.7 Å². The van der Waals surface area contributed by atoms with E-state index in [1.165, 1.54) is 11.8 Å². The predicted octanol–water partition coefficient (Wildman–Crippen LogP) is 5.56. The van der Waals surface area contributed by atoms with Gasteiger partial charge in [0.1, 0.15) is 6.04 Å². The molecule has 0 saturated carbocycles. The number of hydrogen-bond donors (Lipinski definition) is 1. The molecular formula is C23H28Cl2N2O2S. The van der Waals surface area contributed by atoms with E-state index in [1.54, 1.807) is 24.0 Å². The molecule has 0 saturated heterocycles. The Labute approximate surface area is 193 Å². The molecular weight excluding hydrogens is 439 g/mol. The zero-order valence-electron chi connectivity index (χ0n) is 17.4. The number of benzene rings is 2. The number of unbranched alkanes of at least 4 members (excludes halogenated alkanes) is 1. The van der Waals surface area contributed by atoms with Gasteiger partial charge in [0.05, 0.1) is 5.75 Å². The summed E-state index contributed by atoms with van der Waals surface area (Å²) in [7, 11) is 0. The largest absolute Gasteiger partial charge is 0.354 e. The van der Waals surface area contributed by atoms with Crippen LogP contribution in [0, 0.1) is 0 Å². The van der Waals surface area contributed by atoms with Crippen molar-refractivity contribution in [1.82, 2.24) is 10.2 Å². The Morgan fingerprint density at radius 1 is 1.00 bits per heavy atom. The number of nitrogens with zero attached hydrogens (tertiary/aromatic N) is 1. The number of halogens is 2. The lowest BCUT2D eigenvalue weighted by Crippen LogP contribution is -2.48. The van der Waals surface area contributed by atoms with Gasteiger partial charge < -0.3 is 10.2 Å². The van der Waals surface area contributed by atoms with Crippen LogP contribution in [0.25, 0.3) is 0 Å². The van der Waals surface area contributed by atoms with Crippen molar-refractivity contribution in [2.45, 2.75) is 45.0 Å². The highest BCUT2D eigenvalue weighted by molar-refractivity contribution is 7.99.